The minimum Gasteiger partial charge on any atom is -0.489 e. The van der Waals surface area contributed by atoms with Gasteiger partial charge in [0.15, 0.2) is 0 Å². The van der Waals surface area contributed by atoms with Crippen molar-refractivity contribution in [3.63, 3.8) is 0 Å². The van der Waals surface area contributed by atoms with E-state index in [4.69, 9.17) is 4.74 Å². The van der Waals surface area contributed by atoms with E-state index in [-0.39, 0.29) is 5.91 Å². The molecule has 0 saturated heterocycles. The number of hydrogen-bond donors (Lipinski definition) is 1. The predicted molar refractivity (Wildman–Crippen MR) is 109 cm³/mol. The van der Waals surface area contributed by atoms with Gasteiger partial charge in [-0.3, -0.25) is 4.79 Å². The molecule has 0 heterocycles. The summed E-state index contributed by atoms with van der Waals surface area (Å²) in [5.41, 5.74) is 2.44. The predicted octanol–water partition coefficient (Wildman–Crippen LogP) is 5.67. The first-order chi connectivity index (χ1) is 13.3. The largest absolute Gasteiger partial charge is 0.489 e. The SMILES string of the molecule is O=C(Nc1cccc(OCc2ccccc2)c1)c1ccc2ccccc2c1. The summed E-state index contributed by atoms with van der Waals surface area (Å²) in [5, 5.41) is 5.11. The van der Waals surface area contributed by atoms with Crippen LogP contribution in [0.15, 0.2) is 97.1 Å². The number of nitrogens with one attached hydrogen (secondary N) is 1. The topological polar surface area (TPSA) is 38.3 Å². The second-order valence-corrected chi connectivity index (χ2v) is 6.32. The number of carbonyl (C=O) groups is 1. The molecule has 0 aromatic heterocycles. The summed E-state index contributed by atoms with van der Waals surface area (Å²) in [6.45, 7) is 0.489. The van der Waals surface area contributed by atoms with Crippen LogP contribution in [0.3, 0.4) is 0 Å². The molecule has 4 aromatic rings. The summed E-state index contributed by atoms with van der Waals surface area (Å²) < 4.78 is 5.83. The molecule has 3 heteroatoms. The standard InChI is InChI=1S/C24H19NO2/c26-24(21-14-13-19-9-4-5-10-20(19)15-21)25-22-11-6-12-23(16-22)27-17-18-7-2-1-3-8-18/h1-16H,17H2,(H,25,26). The van der Waals surface area contributed by atoms with Crippen molar-refractivity contribution >= 4 is 22.4 Å². The fraction of sp³-hybridized carbons (Fsp3) is 0.0417. The molecule has 4 aromatic carbocycles. The molecule has 1 N–H and O–H groups in total. The maximum atomic E-state index is 12.6. The summed E-state index contributed by atoms with van der Waals surface area (Å²) in [6, 6.07) is 31.1. The average molecular weight is 353 g/mol. The minimum absolute atomic E-state index is 0.138. The van der Waals surface area contributed by atoms with Crippen molar-refractivity contribution < 1.29 is 9.53 Å². The van der Waals surface area contributed by atoms with Gasteiger partial charge in [-0.2, -0.15) is 0 Å². The minimum atomic E-state index is -0.138. The number of anilines is 1. The van der Waals surface area contributed by atoms with Crippen LogP contribution in [0.5, 0.6) is 5.75 Å². The van der Waals surface area contributed by atoms with Gasteiger partial charge < -0.3 is 10.1 Å². The van der Waals surface area contributed by atoms with E-state index in [2.05, 4.69) is 5.32 Å². The summed E-state index contributed by atoms with van der Waals surface area (Å²) in [7, 11) is 0. The third-order valence-electron chi connectivity index (χ3n) is 4.35. The Morgan fingerprint density at radius 1 is 0.741 bits per heavy atom. The third-order valence-corrected chi connectivity index (χ3v) is 4.35. The van der Waals surface area contributed by atoms with E-state index in [0.717, 1.165) is 22.1 Å². The lowest BCUT2D eigenvalue weighted by molar-refractivity contribution is 0.102. The molecule has 132 valence electrons. The monoisotopic (exact) mass is 353 g/mol. The molecule has 0 aliphatic heterocycles. The number of benzene rings is 4. The second-order valence-electron chi connectivity index (χ2n) is 6.32. The van der Waals surface area contributed by atoms with Gasteiger partial charge in [-0.15, -0.1) is 0 Å². The Hall–Kier alpha value is -3.59. The molecule has 0 spiro atoms. The smallest absolute Gasteiger partial charge is 0.255 e. The van der Waals surface area contributed by atoms with E-state index in [1.807, 2.05) is 97.1 Å². The van der Waals surface area contributed by atoms with Gasteiger partial charge in [0.1, 0.15) is 12.4 Å². The van der Waals surface area contributed by atoms with Crippen molar-refractivity contribution in [3.05, 3.63) is 108 Å². The summed E-state index contributed by atoms with van der Waals surface area (Å²) in [5.74, 6) is 0.580. The van der Waals surface area contributed by atoms with E-state index in [1.54, 1.807) is 0 Å². The Morgan fingerprint density at radius 2 is 1.52 bits per heavy atom. The Balaban J connectivity index is 1.46. The zero-order valence-corrected chi connectivity index (χ0v) is 14.8. The molecule has 0 fully saturated rings. The fourth-order valence-corrected chi connectivity index (χ4v) is 2.94. The zero-order valence-electron chi connectivity index (χ0n) is 14.8. The highest BCUT2D eigenvalue weighted by atomic mass is 16.5. The molecule has 0 bridgehead atoms. The van der Waals surface area contributed by atoms with Crippen molar-refractivity contribution in [2.75, 3.05) is 5.32 Å². The van der Waals surface area contributed by atoms with Gasteiger partial charge in [0.25, 0.3) is 5.91 Å². The molecule has 0 aliphatic rings. The number of rotatable bonds is 5. The third kappa shape index (κ3) is 4.15. The lowest BCUT2D eigenvalue weighted by Crippen LogP contribution is -2.11. The highest BCUT2D eigenvalue weighted by Gasteiger charge is 2.08. The number of carbonyl (C=O) groups excluding carboxylic acids is 1. The van der Waals surface area contributed by atoms with E-state index < -0.39 is 0 Å². The van der Waals surface area contributed by atoms with Crippen LogP contribution in [0.1, 0.15) is 15.9 Å². The van der Waals surface area contributed by atoms with E-state index >= 15 is 0 Å². The van der Waals surface area contributed by atoms with Gasteiger partial charge in [-0.1, -0.05) is 66.7 Å². The first-order valence-corrected chi connectivity index (χ1v) is 8.85. The highest BCUT2D eigenvalue weighted by Crippen LogP contribution is 2.21. The van der Waals surface area contributed by atoms with Gasteiger partial charge in [-0.25, -0.2) is 0 Å². The van der Waals surface area contributed by atoms with E-state index in [1.165, 1.54) is 0 Å². The number of ether oxygens (including phenoxy) is 1. The van der Waals surface area contributed by atoms with E-state index in [0.29, 0.717) is 17.9 Å². The Bertz CT molecular complexity index is 1070. The van der Waals surface area contributed by atoms with Gasteiger partial charge in [0.05, 0.1) is 0 Å². The zero-order chi connectivity index (χ0) is 18.5. The number of amides is 1. The van der Waals surface area contributed by atoms with Crippen LogP contribution < -0.4 is 10.1 Å². The van der Waals surface area contributed by atoms with Crippen LogP contribution >= 0.6 is 0 Å². The molecule has 3 nitrogen and oxygen atoms in total. The highest BCUT2D eigenvalue weighted by molar-refractivity contribution is 6.06. The molecule has 0 atom stereocenters. The van der Waals surface area contributed by atoms with Crippen LogP contribution in [0.25, 0.3) is 10.8 Å². The molecule has 4 rings (SSSR count). The molecule has 0 radical (unpaired) electrons. The van der Waals surface area contributed by atoms with Crippen molar-refractivity contribution in [1.29, 1.82) is 0 Å². The quantitative estimate of drug-likeness (QED) is 0.502. The van der Waals surface area contributed by atoms with Crippen molar-refractivity contribution in [1.82, 2.24) is 0 Å². The molecular formula is C24H19NO2. The van der Waals surface area contributed by atoms with Crippen LogP contribution in [-0.2, 0) is 6.61 Å². The average Bonchev–Trinajstić information content (AvgIpc) is 2.73. The van der Waals surface area contributed by atoms with Crippen LogP contribution in [0.4, 0.5) is 5.69 Å². The van der Waals surface area contributed by atoms with Gasteiger partial charge >= 0.3 is 0 Å². The van der Waals surface area contributed by atoms with Gasteiger partial charge in [-0.05, 0) is 40.6 Å². The molecule has 1 amide bonds. The second kappa shape index (κ2) is 7.75. The molecule has 0 aliphatic carbocycles. The Morgan fingerprint density at radius 3 is 2.37 bits per heavy atom. The summed E-state index contributed by atoms with van der Waals surface area (Å²) >= 11 is 0. The van der Waals surface area contributed by atoms with Crippen LogP contribution in [-0.4, -0.2) is 5.91 Å². The van der Waals surface area contributed by atoms with Gasteiger partial charge in [0, 0.05) is 17.3 Å². The maximum absolute atomic E-state index is 12.6. The Labute approximate surface area is 158 Å². The van der Waals surface area contributed by atoms with Crippen molar-refractivity contribution in [2.45, 2.75) is 6.61 Å². The molecule has 0 unspecified atom stereocenters. The lowest BCUT2D eigenvalue weighted by atomic mass is 10.1. The van der Waals surface area contributed by atoms with E-state index in [9.17, 15) is 4.79 Å². The first kappa shape index (κ1) is 16.9. The molecule has 27 heavy (non-hydrogen) atoms. The number of hydrogen-bond acceptors (Lipinski definition) is 2. The molecular weight excluding hydrogens is 334 g/mol. The Kier molecular flexibility index (Phi) is 4.84. The van der Waals surface area contributed by atoms with Crippen molar-refractivity contribution in [2.24, 2.45) is 0 Å². The summed E-state index contributed by atoms with van der Waals surface area (Å²) in [6.07, 6.45) is 0. The maximum Gasteiger partial charge on any atom is 0.255 e. The van der Waals surface area contributed by atoms with Crippen molar-refractivity contribution in [3.8, 4) is 5.75 Å². The molecule has 0 saturated carbocycles. The van der Waals surface area contributed by atoms with Crippen LogP contribution in [0.2, 0.25) is 0 Å². The fourth-order valence-electron chi connectivity index (χ4n) is 2.94. The number of fused-ring (bicyclic) bond motifs is 1. The first-order valence-electron chi connectivity index (χ1n) is 8.85. The lowest BCUT2D eigenvalue weighted by Gasteiger charge is -2.10. The van der Waals surface area contributed by atoms with Gasteiger partial charge in [0.2, 0.25) is 0 Å². The van der Waals surface area contributed by atoms with Crippen LogP contribution in [0, 0.1) is 0 Å². The summed E-state index contributed by atoms with van der Waals surface area (Å²) in [4.78, 5) is 12.6. The normalized spacial score (nSPS) is 10.5.